The van der Waals surface area contributed by atoms with E-state index in [1.165, 1.54) is 36.8 Å². The number of aryl methyl sites for hydroxylation is 1. The van der Waals surface area contributed by atoms with Crippen LogP contribution in [0.3, 0.4) is 0 Å². The number of ether oxygens (including phenoxy) is 1. The Morgan fingerprint density at radius 3 is 2.74 bits per heavy atom. The number of halogens is 1. The second kappa shape index (κ2) is 5.16. The molecular formula is C15H18BrN2O. The predicted molar refractivity (Wildman–Crippen MR) is 80.5 cm³/mol. The minimum atomic E-state index is 0.544. The first-order valence-corrected chi connectivity index (χ1v) is 7.54. The Labute approximate surface area is 122 Å². The van der Waals surface area contributed by atoms with E-state index in [1.54, 1.807) is 7.11 Å². The zero-order valence-corrected chi connectivity index (χ0v) is 12.9. The lowest BCUT2D eigenvalue weighted by molar-refractivity contribution is 0.361. The molecular weight excluding hydrogens is 304 g/mol. The monoisotopic (exact) mass is 321 g/mol. The summed E-state index contributed by atoms with van der Waals surface area (Å²) in [5, 5.41) is 6.00. The highest BCUT2D eigenvalue weighted by Gasteiger charge is 2.20. The molecule has 101 valence electrons. The number of fused-ring (bicyclic) bond motifs is 1. The van der Waals surface area contributed by atoms with Crippen molar-refractivity contribution in [2.24, 2.45) is 0 Å². The Morgan fingerprint density at radius 2 is 2.05 bits per heavy atom. The van der Waals surface area contributed by atoms with Crippen LogP contribution in [0.15, 0.2) is 16.6 Å². The van der Waals surface area contributed by atoms with E-state index in [2.05, 4.69) is 40.0 Å². The molecule has 1 aliphatic rings. The topological polar surface area (TPSA) is 27.1 Å². The van der Waals surface area contributed by atoms with Gasteiger partial charge in [-0.25, -0.2) is 0 Å². The molecule has 0 spiro atoms. The van der Waals surface area contributed by atoms with Crippen LogP contribution < -0.4 is 4.74 Å². The third-order valence-electron chi connectivity index (χ3n) is 3.97. The van der Waals surface area contributed by atoms with Crippen LogP contribution in [0.5, 0.6) is 5.75 Å². The van der Waals surface area contributed by atoms with Gasteiger partial charge in [0.15, 0.2) is 0 Å². The molecule has 2 aromatic rings. The Bertz CT molecular complexity index is 600. The van der Waals surface area contributed by atoms with E-state index >= 15 is 0 Å². The average molecular weight is 322 g/mol. The zero-order valence-electron chi connectivity index (χ0n) is 11.3. The van der Waals surface area contributed by atoms with E-state index in [1.807, 2.05) is 6.07 Å². The van der Waals surface area contributed by atoms with Gasteiger partial charge < -0.3 is 4.74 Å². The molecule has 0 saturated heterocycles. The SMILES string of the molecule is COc1cc2nn(C3CC[CH]CC3)c(C)c2cc1Br. The minimum Gasteiger partial charge on any atom is -0.495 e. The number of nitrogens with zero attached hydrogens (tertiary/aromatic N) is 2. The number of aromatic nitrogens is 2. The molecule has 1 aromatic carbocycles. The molecule has 19 heavy (non-hydrogen) atoms. The lowest BCUT2D eigenvalue weighted by atomic mass is 9.95. The summed E-state index contributed by atoms with van der Waals surface area (Å²) in [6, 6.07) is 4.67. The van der Waals surface area contributed by atoms with Crippen molar-refractivity contribution in [2.75, 3.05) is 7.11 Å². The maximum atomic E-state index is 5.35. The molecule has 1 saturated carbocycles. The molecule has 0 N–H and O–H groups in total. The largest absolute Gasteiger partial charge is 0.495 e. The summed E-state index contributed by atoms with van der Waals surface area (Å²) >= 11 is 3.55. The van der Waals surface area contributed by atoms with Crippen LogP contribution >= 0.6 is 15.9 Å². The van der Waals surface area contributed by atoms with Gasteiger partial charge in [0.2, 0.25) is 0 Å². The van der Waals surface area contributed by atoms with Crippen LogP contribution in [-0.4, -0.2) is 16.9 Å². The third-order valence-corrected chi connectivity index (χ3v) is 4.59. The Kier molecular flexibility index (Phi) is 3.52. The number of rotatable bonds is 2. The maximum absolute atomic E-state index is 5.35. The first-order valence-electron chi connectivity index (χ1n) is 6.74. The molecule has 0 bridgehead atoms. The summed E-state index contributed by atoms with van der Waals surface area (Å²) in [5.41, 5.74) is 2.28. The summed E-state index contributed by atoms with van der Waals surface area (Å²) in [6.07, 6.45) is 7.19. The molecule has 4 heteroatoms. The van der Waals surface area contributed by atoms with Gasteiger partial charge in [-0.2, -0.15) is 5.10 Å². The first kappa shape index (κ1) is 13.0. The number of hydrogen-bond donors (Lipinski definition) is 0. The molecule has 0 unspecified atom stereocenters. The van der Waals surface area contributed by atoms with Crippen molar-refractivity contribution in [3.63, 3.8) is 0 Å². The van der Waals surface area contributed by atoms with Crippen molar-refractivity contribution in [3.8, 4) is 5.75 Å². The second-order valence-corrected chi connectivity index (χ2v) is 5.99. The molecule has 3 rings (SSSR count). The molecule has 0 amide bonds. The van der Waals surface area contributed by atoms with Crippen LogP contribution in [0.25, 0.3) is 10.9 Å². The molecule has 1 aromatic heterocycles. The van der Waals surface area contributed by atoms with Gasteiger partial charge >= 0.3 is 0 Å². The van der Waals surface area contributed by atoms with E-state index in [4.69, 9.17) is 9.84 Å². The van der Waals surface area contributed by atoms with E-state index in [9.17, 15) is 0 Å². The van der Waals surface area contributed by atoms with Gasteiger partial charge in [0.05, 0.1) is 23.1 Å². The maximum Gasteiger partial charge on any atom is 0.135 e. The lowest BCUT2D eigenvalue weighted by Gasteiger charge is -2.23. The van der Waals surface area contributed by atoms with Crippen LogP contribution in [0, 0.1) is 13.3 Å². The van der Waals surface area contributed by atoms with Crippen molar-refractivity contribution in [3.05, 3.63) is 28.7 Å². The zero-order chi connectivity index (χ0) is 13.4. The van der Waals surface area contributed by atoms with Gasteiger partial charge in [-0.1, -0.05) is 0 Å². The first-order chi connectivity index (χ1) is 9.20. The van der Waals surface area contributed by atoms with Crippen molar-refractivity contribution in [1.29, 1.82) is 0 Å². The van der Waals surface area contributed by atoms with Crippen molar-refractivity contribution in [2.45, 2.75) is 38.6 Å². The van der Waals surface area contributed by atoms with E-state index < -0.39 is 0 Å². The highest BCUT2D eigenvalue weighted by Crippen LogP contribution is 2.34. The van der Waals surface area contributed by atoms with Gasteiger partial charge in [0.1, 0.15) is 5.75 Å². The fourth-order valence-electron chi connectivity index (χ4n) is 2.90. The molecule has 1 radical (unpaired) electrons. The summed E-state index contributed by atoms with van der Waals surface area (Å²) in [5.74, 6) is 0.842. The van der Waals surface area contributed by atoms with Crippen molar-refractivity contribution < 1.29 is 4.74 Å². The lowest BCUT2D eigenvalue weighted by Crippen LogP contribution is -2.15. The van der Waals surface area contributed by atoms with Crippen LogP contribution in [0.2, 0.25) is 0 Å². The second-order valence-electron chi connectivity index (χ2n) is 5.13. The number of benzene rings is 1. The van der Waals surface area contributed by atoms with Crippen LogP contribution in [0.4, 0.5) is 0 Å². The number of methoxy groups -OCH3 is 1. The van der Waals surface area contributed by atoms with Gasteiger partial charge in [0, 0.05) is 17.1 Å². The van der Waals surface area contributed by atoms with Gasteiger partial charge in [-0.05, 0) is 61.0 Å². The predicted octanol–water partition coefficient (Wildman–Crippen LogP) is 4.44. The normalized spacial score (nSPS) is 17.0. The highest BCUT2D eigenvalue weighted by molar-refractivity contribution is 9.10. The van der Waals surface area contributed by atoms with E-state index in [0.29, 0.717) is 6.04 Å². The quantitative estimate of drug-likeness (QED) is 0.817. The van der Waals surface area contributed by atoms with Gasteiger partial charge in [-0.3, -0.25) is 4.68 Å². The van der Waals surface area contributed by atoms with Crippen molar-refractivity contribution >= 4 is 26.8 Å². The Morgan fingerprint density at radius 1 is 1.32 bits per heavy atom. The van der Waals surface area contributed by atoms with Crippen LogP contribution in [-0.2, 0) is 0 Å². The number of hydrogen-bond acceptors (Lipinski definition) is 2. The fourth-order valence-corrected chi connectivity index (χ4v) is 3.40. The molecule has 1 heterocycles. The third kappa shape index (κ3) is 2.27. The van der Waals surface area contributed by atoms with E-state index in [0.717, 1.165) is 15.7 Å². The molecule has 1 fully saturated rings. The molecule has 3 nitrogen and oxygen atoms in total. The fraction of sp³-hybridized carbons (Fsp3) is 0.467. The molecule has 0 atom stereocenters. The summed E-state index contributed by atoms with van der Waals surface area (Å²) in [4.78, 5) is 0. The van der Waals surface area contributed by atoms with Crippen LogP contribution in [0.1, 0.15) is 37.4 Å². The smallest absolute Gasteiger partial charge is 0.135 e. The highest BCUT2D eigenvalue weighted by atomic mass is 79.9. The van der Waals surface area contributed by atoms with Gasteiger partial charge in [0.25, 0.3) is 0 Å². The Balaban J connectivity index is 2.08. The van der Waals surface area contributed by atoms with E-state index in [-0.39, 0.29) is 0 Å². The Hall–Kier alpha value is -1.03. The standard InChI is InChI=1S/C15H18BrN2O/c1-10-12-8-13(16)15(19-2)9-14(12)17-18(10)11-6-4-3-5-7-11/h3,8-9,11H,4-7H2,1-2H3. The van der Waals surface area contributed by atoms with Crippen molar-refractivity contribution in [1.82, 2.24) is 9.78 Å². The molecule has 0 aliphatic heterocycles. The summed E-state index contributed by atoms with van der Waals surface area (Å²) in [7, 11) is 1.69. The average Bonchev–Trinajstić information content (AvgIpc) is 2.76. The molecule has 1 aliphatic carbocycles. The van der Waals surface area contributed by atoms with Gasteiger partial charge in [-0.15, -0.1) is 0 Å². The minimum absolute atomic E-state index is 0.544. The summed E-state index contributed by atoms with van der Waals surface area (Å²) < 4.78 is 8.55. The summed E-state index contributed by atoms with van der Waals surface area (Å²) in [6.45, 7) is 2.16.